The van der Waals surface area contributed by atoms with Gasteiger partial charge in [0, 0.05) is 24.8 Å². The molecule has 0 aliphatic carbocycles. The van der Waals surface area contributed by atoms with Gasteiger partial charge in [-0.3, -0.25) is 9.78 Å². The Morgan fingerprint density at radius 2 is 2.25 bits per heavy atom. The van der Waals surface area contributed by atoms with Crippen LogP contribution >= 0.6 is 0 Å². The van der Waals surface area contributed by atoms with Gasteiger partial charge in [-0.25, -0.2) is 0 Å². The van der Waals surface area contributed by atoms with Crippen molar-refractivity contribution < 1.29 is 4.79 Å². The molecule has 0 atom stereocenters. The van der Waals surface area contributed by atoms with Crippen LogP contribution in [0.2, 0.25) is 0 Å². The topological polar surface area (TPSA) is 71.2 Å². The summed E-state index contributed by atoms with van der Waals surface area (Å²) in [7, 11) is 0. The van der Waals surface area contributed by atoms with E-state index < -0.39 is 0 Å². The second-order valence-electron chi connectivity index (χ2n) is 5.33. The summed E-state index contributed by atoms with van der Waals surface area (Å²) in [5.74, 6) is 0.567. The Kier molecular flexibility index (Phi) is 5.49. The summed E-state index contributed by atoms with van der Waals surface area (Å²) in [6.45, 7) is 6.72. The molecule has 0 bridgehead atoms. The van der Waals surface area contributed by atoms with E-state index in [0.717, 1.165) is 31.9 Å². The number of aromatic nitrogens is 1. The molecule has 5 heteroatoms. The number of carbonyl (C=O) groups excluding carboxylic acids is 1. The summed E-state index contributed by atoms with van der Waals surface area (Å²) < 4.78 is 0. The molecule has 1 saturated heterocycles. The molecule has 20 heavy (non-hydrogen) atoms. The van der Waals surface area contributed by atoms with Crippen LogP contribution < -0.4 is 11.1 Å². The fourth-order valence-corrected chi connectivity index (χ4v) is 2.58. The third-order valence-electron chi connectivity index (χ3n) is 3.99. The van der Waals surface area contributed by atoms with Crippen molar-refractivity contribution in [2.75, 3.05) is 26.2 Å². The predicted octanol–water partition coefficient (Wildman–Crippen LogP) is 1.00. The highest BCUT2D eigenvalue weighted by Gasteiger charge is 2.18. The summed E-state index contributed by atoms with van der Waals surface area (Å²) in [6.07, 6.45) is 3.97. The number of likely N-dealkylation sites (tertiary alicyclic amines) is 1. The lowest BCUT2D eigenvalue weighted by Crippen LogP contribution is -2.38. The molecule has 1 aromatic rings. The summed E-state index contributed by atoms with van der Waals surface area (Å²) in [6, 6.07) is 3.49. The second kappa shape index (κ2) is 7.36. The number of piperidine rings is 1. The Balaban J connectivity index is 1.80. The largest absolute Gasteiger partial charge is 0.352 e. The normalized spacial score (nSPS) is 17.1. The van der Waals surface area contributed by atoms with Crippen LogP contribution in [0.15, 0.2) is 18.3 Å². The minimum Gasteiger partial charge on any atom is -0.352 e. The Bertz CT molecular complexity index is 441. The van der Waals surface area contributed by atoms with Crippen LogP contribution in [0.5, 0.6) is 0 Å². The Labute approximate surface area is 120 Å². The molecular formula is C15H24N4O. The van der Waals surface area contributed by atoms with Gasteiger partial charge in [-0.05, 0) is 50.5 Å². The lowest BCUT2D eigenvalue weighted by Gasteiger charge is -2.31. The molecule has 1 aromatic heterocycles. The van der Waals surface area contributed by atoms with Gasteiger partial charge in [0.2, 0.25) is 0 Å². The van der Waals surface area contributed by atoms with E-state index in [1.165, 1.54) is 12.8 Å². The van der Waals surface area contributed by atoms with E-state index >= 15 is 0 Å². The van der Waals surface area contributed by atoms with E-state index in [1.54, 1.807) is 18.3 Å². The number of nitrogens with zero attached hydrogens (tertiary/aromatic N) is 2. The quantitative estimate of drug-likeness (QED) is 0.841. The number of pyridine rings is 1. The van der Waals surface area contributed by atoms with Gasteiger partial charge in [-0.15, -0.1) is 0 Å². The smallest absolute Gasteiger partial charge is 0.251 e. The van der Waals surface area contributed by atoms with Crippen LogP contribution in [0.3, 0.4) is 0 Å². The highest BCUT2D eigenvalue weighted by atomic mass is 16.1. The molecule has 3 N–H and O–H groups in total. The third-order valence-corrected chi connectivity index (χ3v) is 3.99. The maximum atomic E-state index is 12.1. The standard InChI is InChI=1S/C15H24N4O/c1-2-19-7-4-12(5-8-19)11-18-15(20)13-3-6-17-14(9-13)10-16/h3,6,9,12H,2,4-5,7-8,10-11,16H2,1H3,(H,18,20). The Morgan fingerprint density at radius 1 is 1.50 bits per heavy atom. The van der Waals surface area contributed by atoms with Gasteiger partial charge in [0.25, 0.3) is 5.91 Å². The molecule has 0 unspecified atom stereocenters. The zero-order valence-corrected chi connectivity index (χ0v) is 12.1. The summed E-state index contributed by atoms with van der Waals surface area (Å²) in [5.41, 5.74) is 6.93. The second-order valence-corrected chi connectivity index (χ2v) is 5.33. The van der Waals surface area contributed by atoms with Crippen molar-refractivity contribution in [2.45, 2.75) is 26.3 Å². The van der Waals surface area contributed by atoms with Crippen molar-refractivity contribution >= 4 is 5.91 Å². The van der Waals surface area contributed by atoms with E-state index in [0.29, 0.717) is 18.0 Å². The molecule has 5 nitrogen and oxygen atoms in total. The molecule has 1 aliphatic rings. The maximum Gasteiger partial charge on any atom is 0.251 e. The van der Waals surface area contributed by atoms with E-state index in [4.69, 9.17) is 5.73 Å². The van der Waals surface area contributed by atoms with Gasteiger partial charge in [-0.2, -0.15) is 0 Å². The minimum absolute atomic E-state index is 0.0278. The van der Waals surface area contributed by atoms with Crippen molar-refractivity contribution in [1.82, 2.24) is 15.2 Å². The molecule has 0 saturated carbocycles. The molecule has 110 valence electrons. The first-order valence-electron chi connectivity index (χ1n) is 7.38. The SMILES string of the molecule is CCN1CCC(CNC(=O)c2ccnc(CN)c2)CC1. The lowest BCUT2D eigenvalue weighted by atomic mass is 9.97. The van der Waals surface area contributed by atoms with Crippen LogP contribution in [0, 0.1) is 5.92 Å². The number of carbonyl (C=O) groups is 1. The fourth-order valence-electron chi connectivity index (χ4n) is 2.58. The van der Waals surface area contributed by atoms with Gasteiger partial charge in [0.15, 0.2) is 0 Å². The molecule has 1 fully saturated rings. The maximum absolute atomic E-state index is 12.1. The van der Waals surface area contributed by atoms with Crippen LogP contribution in [-0.4, -0.2) is 42.0 Å². The van der Waals surface area contributed by atoms with Gasteiger partial charge >= 0.3 is 0 Å². The predicted molar refractivity (Wildman–Crippen MR) is 79.3 cm³/mol. The third kappa shape index (κ3) is 4.02. The number of amides is 1. The lowest BCUT2D eigenvalue weighted by molar-refractivity contribution is 0.0936. The number of nitrogens with one attached hydrogen (secondary N) is 1. The van der Waals surface area contributed by atoms with Crippen LogP contribution in [0.25, 0.3) is 0 Å². The van der Waals surface area contributed by atoms with E-state index in [2.05, 4.69) is 22.1 Å². The molecule has 1 amide bonds. The summed E-state index contributed by atoms with van der Waals surface area (Å²) in [5, 5.41) is 3.03. The number of nitrogens with two attached hydrogens (primary N) is 1. The van der Waals surface area contributed by atoms with E-state index in [9.17, 15) is 4.79 Å². The van der Waals surface area contributed by atoms with Crippen LogP contribution in [0.1, 0.15) is 35.8 Å². The molecule has 0 radical (unpaired) electrons. The molecule has 2 heterocycles. The van der Waals surface area contributed by atoms with Gasteiger partial charge in [0.05, 0.1) is 5.69 Å². The van der Waals surface area contributed by atoms with Crippen LogP contribution in [-0.2, 0) is 6.54 Å². The zero-order valence-electron chi connectivity index (χ0n) is 12.1. The Morgan fingerprint density at radius 3 is 2.90 bits per heavy atom. The van der Waals surface area contributed by atoms with Crippen LogP contribution in [0.4, 0.5) is 0 Å². The fraction of sp³-hybridized carbons (Fsp3) is 0.600. The highest BCUT2D eigenvalue weighted by Crippen LogP contribution is 2.16. The first-order chi connectivity index (χ1) is 9.72. The number of hydrogen-bond donors (Lipinski definition) is 2. The summed E-state index contributed by atoms with van der Waals surface area (Å²) in [4.78, 5) is 18.6. The Hall–Kier alpha value is -1.46. The van der Waals surface area contributed by atoms with Crippen molar-refractivity contribution in [1.29, 1.82) is 0 Å². The van der Waals surface area contributed by atoms with Gasteiger partial charge in [-0.1, -0.05) is 6.92 Å². The van der Waals surface area contributed by atoms with E-state index in [1.807, 2.05) is 0 Å². The molecule has 0 spiro atoms. The average molecular weight is 276 g/mol. The first kappa shape index (κ1) is 14.9. The molecular weight excluding hydrogens is 252 g/mol. The first-order valence-corrected chi connectivity index (χ1v) is 7.38. The number of hydrogen-bond acceptors (Lipinski definition) is 4. The molecule has 2 rings (SSSR count). The van der Waals surface area contributed by atoms with Crippen molar-refractivity contribution in [2.24, 2.45) is 11.7 Å². The highest BCUT2D eigenvalue weighted by molar-refractivity contribution is 5.94. The monoisotopic (exact) mass is 276 g/mol. The van der Waals surface area contributed by atoms with Crippen molar-refractivity contribution in [3.63, 3.8) is 0 Å². The van der Waals surface area contributed by atoms with Gasteiger partial charge in [0.1, 0.15) is 0 Å². The van der Waals surface area contributed by atoms with E-state index in [-0.39, 0.29) is 5.91 Å². The summed E-state index contributed by atoms with van der Waals surface area (Å²) >= 11 is 0. The van der Waals surface area contributed by atoms with Crippen molar-refractivity contribution in [3.05, 3.63) is 29.6 Å². The van der Waals surface area contributed by atoms with Gasteiger partial charge < -0.3 is 16.0 Å². The minimum atomic E-state index is -0.0278. The molecule has 0 aromatic carbocycles. The molecule has 1 aliphatic heterocycles. The average Bonchev–Trinajstić information content (AvgIpc) is 2.53. The zero-order chi connectivity index (χ0) is 14.4. The number of rotatable bonds is 5. The van der Waals surface area contributed by atoms with Crippen molar-refractivity contribution in [3.8, 4) is 0 Å².